The van der Waals surface area contributed by atoms with Crippen LogP contribution < -0.4 is 16.0 Å². The Bertz CT molecular complexity index is 1210. The fourth-order valence-electron chi connectivity index (χ4n) is 4.18. The van der Waals surface area contributed by atoms with Crippen molar-refractivity contribution in [2.24, 2.45) is 17.8 Å². The molecule has 1 fully saturated rings. The smallest absolute Gasteiger partial charge is 0.244 e. The van der Waals surface area contributed by atoms with Crippen LogP contribution in [0.4, 0.5) is 0 Å². The quantitative estimate of drug-likeness (QED) is 0.251. The van der Waals surface area contributed by atoms with Crippen molar-refractivity contribution < 1.29 is 24.0 Å². The minimum Gasteiger partial charge on any atom is -0.346 e. The highest BCUT2D eigenvalue weighted by molar-refractivity contribution is 6.30. The molecular formula is C28H30ClN3O5. The van der Waals surface area contributed by atoms with Crippen molar-refractivity contribution in [2.45, 2.75) is 39.3 Å². The monoisotopic (exact) mass is 523 g/mol. The molecule has 1 aliphatic rings. The van der Waals surface area contributed by atoms with Crippen molar-refractivity contribution >= 4 is 47.1 Å². The summed E-state index contributed by atoms with van der Waals surface area (Å²) in [6, 6.07) is 14.4. The first-order valence-corrected chi connectivity index (χ1v) is 12.4. The molecule has 2 aromatic carbocycles. The fourth-order valence-corrected chi connectivity index (χ4v) is 4.38. The number of hydrogen-bond acceptors (Lipinski definition) is 5. The molecule has 2 aromatic rings. The summed E-state index contributed by atoms with van der Waals surface area (Å²) in [5, 5.41) is 8.29. The summed E-state index contributed by atoms with van der Waals surface area (Å²) in [7, 11) is 0. The van der Waals surface area contributed by atoms with Gasteiger partial charge in [0, 0.05) is 11.1 Å². The van der Waals surface area contributed by atoms with E-state index in [0.29, 0.717) is 10.6 Å². The van der Waals surface area contributed by atoms with Gasteiger partial charge < -0.3 is 10.6 Å². The lowest BCUT2D eigenvalue weighted by Gasteiger charge is -2.25. The summed E-state index contributed by atoms with van der Waals surface area (Å²) in [6.07, 6.45) is 2.84. The Morgan fingerprint density at radius 3 is 2.30 bits per heavy atom. The van der Waals surface area contributed by atoms with E-state index < -0.39 is 53.3 Å². The van der Waals surface area contributed by atoms with Crippen LogP contribution in [0.25, 0.3) is 6.08 Å². The first-order valence-electron chi connectivity index (χ1n) is 12.0. The molecule has 3 N–H and O–H groups in total. The van der Waals surface area contributed by atoms with Gasteiger partial charge in [0.1, 0.15) is 5.92 Å². The minimum absolute atomic E-state index is 0.136. The van der Waals surface area contributed by atoms with Crippen LogP contribution in [0, 0.1) is 17.8 Å². The van der Waals surface area contributed by atoms with Crippen molar-refractivity contribution in [3.63, 3.8) is 0 Å². The van der Waals surface area contributed by atoms with E-state index in [-0.39, 0.29) is 12.3 Å². The molecule has 4 amide bonds. The Hall–Kier alpha value is -3.78. The third-order valence-electron chi connectivity index (χ3n) is 6.22. The average Bonchev–Trinajstić information content (AvgIpc) is 3.11. The van der Waals surface area contributed by atoms with Crippen molar-refractivity contribution in [3.8, 4) is 0 Å². The molecule has 8 nitrogen and oxygen atoms in total. The van der Waals surface area contributed by atoms with Crippen molar-refractivity contribution in [3.05, 3.63) is 76.8 Å². The van der Waals surface area contributed by atoms with Gasteiger partial charge in [-0.2, -0.15) is 0 Å². The van der Waals surface area contributed by atoms with Crippen LogP contribution in [0.15, 0.2) is 60.7 Å². The summed E-state index contributed by atoms with van der Waals surface area (Å²) in [6.45, 7) is 5.01. The van der Waals surface area contributed by atoms with Crippen LogP contribution in [0.1, 0.15) is 44.4 Å². The van der Waals surface area contributed by atoms with Crippen molar-refractivity contribution in [2.75, 3.05) is 0 Å². The summed E-state index contributed by atoms with van der Waals surface area (Å²) >= 11 is 5.99. The predicted octanol–water partition coefficient (Wildman–Crippen LogP) is 3.22. The van der Waals surface area contributed by atoms with Gasteiger partial charge in [0.05, 0.1) is 24.4 Å². The normalized spacial score (nSPS) is 18.9. The summed E-state index contributed by atoms with van der Waals surface area (Å²) < 4.78 is 0. The molecule has 1 heterocycles. The van der Waals surface area contributed by atoms with Gasteiger partial charge in [-0.05, 0) is 35.3 Å². The number of rotatable bonds is 10. The Labute approximate surface area is 220 Å². The lowest BCUT2D eigenvalue weighted by atomic mass is 9.85. The number of nitrogens with one attached hydrogen (secondary N) is 3. The number of amides is 4. The number of ketones is 1. The molecule has 0 aromatic heterocycles. The minimum atomic E-state index is -1.15. The van der Waals surface area contributed by atoms with Gasteiger partial charge in [-0.15, -0.1) is 0 Å². The van der Waals surface area contributed by atoms with Gasteiger partial charge >= 0.3 is 0 Å². The third kappa shape index (κ3) is 7.36. The van der Waals surface area contributed by atoms with Gasteiger partial charge in [0.25, 0.3) is 0 Å². The second kappa shape index (κ2) is 12.5. The van der Waals surface area contributed by atoms with Gasteiger partial charge in [-0.1, -0.05) is 74.8 Å². The van der Waals surface area contributed by atoms with E-state index in [1.165, 1.54) is 13.0 Å². The molecule has 37 heavy (non-hydrogen) atoms. The van der Waals surface area contributed by atoms with Gasteiger partial charge in [0.15, 0.2) is 5.78 Å². The molecular weight excluding hydrogens is 494 g/mol. The van der Waals surface area contributed by atoms with Crippen LogP contribution in [0.2, 0.25) is 5.02 Å². The molecule has 0 bridgehead atoms. The highest BCUT2D eigenvalue weighted by Gasteiger charge is 2.46. The van der Waals surface area contributed by atoms with Crippen LogP contribution in [0.3, 0.4) is 0 Å². The number of carbonyl (C=O) groups is 5. The largest absolute Gasteiger partial charge is 0.346 e. The molecule has 0 spiro atoms. The van der Waals surface area contributed by atoms with E-state index in [2.05, 4.69) is 16.0 Å². The lowest BCUT2D eigenvalue weighted by Crippen LogP contribution is -2.49. The van der Waals surface area contributed by atoms with E-state index in [1.807, 2.05) is 6.07 Å². The maximum absolute atomic E-state index is 13.2. The summed E-state index contributed by atoms with van der Waals surface area (Å²) in [5.74, 6) is -4.83. The number of carbonyl (C=O) groups excluding carboxylic acids is 5. The van der Waals surface area contributed by atoms with Crippen LogP contribution in [0.5, 0.6) is 0 Å². The lowest BCUT2D eigenvalue weighted by molar-refractivity contribution is -0.137. The molecule has 9 heteroatoms. The van der Waals surface area contributed by atoms with Gasteiger partial charge in [-0.25, -0.2) is 0 Å². The Morgan fingerprint density at radius 1 is 1.00 bits per heavy atom. The highest BCUT2D eigenvalue weighted by atomic mass is 35.5. The van der Waals surface area contributed by atoms with Crippen molar-refractivity contribution in [1.29, 1.82) is 0 Å². The number of halogens is 1. The zero-order valence-electron chi connectivity index (χ0n) is 20.9. The van der Waals surface area contributed by atoms with Crippen LogP contribution in [-0.4, -0.2) is 35.5 Å². The molecule has 0 saturated carbocycles. The Kier molecular flexibility index (Phi) is 9.36. The van der Waals surface area contributed by atoms with Gasteiger partial charge in [-0.3, -0.25) is 29.3 Å². The van der Waals surface area contributed by atoms with Gasteiger partial charge in [0.2, 0.25) is 23.6 Å². The molecule has 1 aliphatic heterocycles. The molecule has 0 radical (unpaired) electrons. The maximum atomic E-state index is 13.2. The van der Waals surface area contributed by atoms with Crippen LogP contribution >= 0.6 is 11.6 Å². The molecule has 4 atom stereocenters. The number of hydrogen-bond donors (Lipinski definition) is 3. The van der Waals surface area contributed by atoms with E-state index in [1.54, 1.807) is 68.5 Å². The third-order valence-corrected chi connectivity index (χ3v) is 6.46. The predicted molar refractivity (Wildman–Crippen MR) is 140 cm³/mol. The number of imide groups is 1. The van der Waals surface area contributed by atoms with E-state index in [0.717, 1.165) is 5.56 Å². The Morgan fingerprint density at radius 2 is 1.70 bits per heavy atom. The van der Waals surface area contributed by atoms with E-state index in [9.17, 15) is 24.0 Å². The average molecular weight is 524 g/mol. The fraction of sp³-hybridized carbons (Fsp3) is 0.321. The Balaban J connectivity index is 1.73. The molecule has 0 aliphatic carbocycles. The van der Waals surface area contributed by atoms with E-state index in [4.69, 9.17) is 11.6 Å². The highest BCUT2D eigenvalue weighted by Crippen LogP contribution is 2.24. The molecule has 1 saturated heterocycles. The summed E-state index contributed by atoms with van der Waals surface area (Å²) in [5.41, 5.74) is 1.46. The zero-order chi connectivity index (χ0) is 27.1. The first kappa shape index (κ1) is 27.8. The SMILES string of the molecule is CC(C)[C@@H](NC(=O)C[C@@H](NC(=O)/C=C/c1cccc(Cl)c1)c1ccccc1)C(=O)[C@@H]1C(=O)NC(=O)[C@H]1C. The first-order chi connectivity index (χ1) is 17.6. The second-order valence-corrected chi connectivity index (χ2v) is 9.81. The topological polar surface area (TPSA) is 121 Å². The zero-order valence-corrected chi connectivity index (χ0v) is 21.6. The van der Waals surface area contributed by atoms with E-state index >= 15 is 0 Å². The van der Waals surface area contributed by atoms with Crippen LogP contribution in [-0.2, 0) is 24.0 Å². The summed E-state index contributed by atoms with van der Waals surface area (Å²) in [4.78, 5) is 63.0. The standard InChI is InChI=1S/C28H30ClN3O5/c1-16(2)25(26(35)24-17(3)27(36)32-28(24)37)31-23(34)15-21(19-9-5-4-6-10-19)30-22(33)13-12-18-8-7-11-20(29)14-18/h4-14,16-17,21,24-25H,15H2,1-3H3,(H,30,33)(H,31,34)(H,32,36,37)/b13-12+/t17-,21+,24+,25+/m0/s1. The number of Topliss-reactive ketones (excluding diaryl/α,β-unsaturated/α-hetero) is 1. The second-order valence-electron chi connectivity index (χ2n) is 9.38. The molecule has 0 unspecified atom stereocenters. The van der Waals surface area contributed by atoms with Crippen molar-refractivity contribution in [1.82, 2.24) is 16.0 Å². The molecule has 194 valence electrons. The molecule has 3 rings (SSSR count). The number of benzene rings is 2. The maximum Gasteiger partial charge on any atom is 0.244 e.